The number of nitrogens with two attached hydrogens (primary N) is 1. The van der Waals surface area contributed by atoms with Crippen molar-refractivity contribution >= 4 is 11.8 Å². The van der Waals surface area contributed by atoms with Crippen molar-refractivity contribution in [3.05, 3.63) is 0 Å². The molecule has 0 aliphatic carbocycles. The number of carbonyl (C=O) groups excluding carboxylic acids is 2. The van der Waals surface area contributed by atoms with Crippen molar-refractivity contribution in [3.8, 4) is 0 Å². The Morgan fingerprint density at radius 2 is 2.40 bits per heavy atom. The normalized spacial score (nSPS) is 23.5. The molecule has 1 saturated heterocycles. The van der Waals surface area contributed by atoms with Crippen LogP contribution in [0.3, 0.4) is 0 Å². The second-order valence-electron chi connectivity index (χ2n) is 3.84. The van der Waals surface area contributed by atoms with E-state index in [4.69, 9.17) is 5.73 Å². The molecule has 5 nitrogen and oxygen atoms in total. The minimum atomic E-state index is -0.369. The van der Waals surface area contributed by atoms with Gasteiger partial charge < -0.3 is 16.0 Å². The molecular formula is C10H19N3O2. The van der Waals surface area contributed by atoms with Gasteiger partial charge in [0.1, 0.15) is 6.04 Å². The maximum absolute atomic E-state index is 12.0. The zero-order chi connectivity index (χ0) is 11.4. The van der Waals surface area contributed by atoms with Crippen LogP contribution in [0.1, 0.15) is 20.3 Å². The maximum atomic E-state index is 12.0. The van der Waals surface area contributed by atoms with Crippen LogP contribution in [-0.2, 0) is 9.59 Å². The van der Waals surface area contributed by atoms with Gasteiger partial charge in [-0.25, -0.2) is 0 Å². The predicted octanol–water partition coefficient (Wildman–Crippen LogP) is -0.682. The highest BCUT2D eigenvalue weighted by Gasteiger charge is 2.31. The number of piperazine rings is 1. The molecule has 2 unspecified atom stereocenters. The van der Waals surface area contributed by atoms with Crippen LogP contribution in [0.5, 0.6) is 0 Å². The Kier molecular flexibility index (Phi) is 4.08. The van der Waals surface area contributed by atoms with Crippen molar-refractivity contribution in [2.24, 2.45) is 11.7 Å². The Bertz CT molecular complexity index is 251. The molecule has 1 heterocycles. The molecule has 1 aliphatic rings. The SMILES string of the molecule is CCC(CN)C(=O)N1CCNC(=O)C1C. The highest BCUT2D eigenvalue weighted by Crippen LogP contribution is 2.11. The molecule has 1 fully saturated rings. The minimum absolute atomic E-state index is 0.00218. The number of hydrogen-bond acceptors (Lipinski definition) is 3. The first-order chi connectivity index (χ1) is 7.11. The van der Waals surface area contributed by atoms with E-state index < -0.39 is 0 Å². The van der Waals surface area contributed by atoms with Gasteiger partial charge in [-0.3, -0.25) is 9.59 Å². The molecule has 0 aromatic heterocycles. The summed E-state index contributed by atoms with van der Waals surface area (Å²) in [6.45, 7) is 5.15. The third-order valence-electron chi connectivity index (χ3n) is 2.91. The van der Waals surface area contributed by atoms with Gasteiger partial charge in [-0.05, 0) is 13.3 Å². The number of hydrogen-bond donors (Lipinski definition) is 2. The van der Waals surface area contributed by atoms with Gasteiger partial charge >= 0.3 is 0 Å². The van der Waals surface area contributed by atoms with E-state index in [0.717, 1.165) is 6.42 Å². The molecule has 0 saturated carbocycles. The van der Waals surface area contributed by atoms with E-state index in [0.29, 0.717) is 19.6 Å². The molecule has 1 aliphatic heterocycles. The number of carbonyl (C=O) groups is 2. The van der Waals surface area contributed by atoms with E-state index in [1.807, 2.05) is 6.92 Å². The number of rotatable bonds is 3. The second-order valence-corrected chi connectivity index (χ2v) is 3.84. The molecule has 86 valence electrons. The van der Waals surface area contributed by atoms with Gasteiger partial charge in [0.25, 0.3) is 0 Å². The van der Waals surface area contributed by atoms with Crippen molar-refractivity contribution in [3.63, 3.8) is 0 Å². The van der Waals surface area contributed by atoms with Gasteiger partial charge in [0.2, 0.25) is 11.8 Å². The average molecular weight is 213 g/mol. The molecule has 2 atom stereocenters. The van der Waals surface area contributed by atoms with Crippen LogP contribution < -0.4 is 11.1 Å². The fourth-order valence-electron chi connectivity index (χ4n) is 1.76. The van der Waals surface area contributed by atoms with Gasteiger partial charge in [-0.2, -0.15) is 0 Å². The van der Waals surface area contributed by atoms with E-state index in [1.165, 1.54) is 0 Å². The van der Waals surface area contributed by atoms with Crippen LogP contribution in [0.2, 0.25) is 0 Å². The first-order valence-electron chi connectivity index (χ1n) is 5.40. The van der Waals surface area contributed by atoms with E-state index in [2.05, 4.69) is 5.32 Å². The van der Waals surface area contributed by atoms with Crippen molar-refractivity contribution in [1.29, 1.82) is 0 Å². The Balaban J connectivity index is 2.69. The van der Waals surface area contributed by atoms with Crippen LogP contribution in [-0.4, -0.2) is 42.4 Å². The molecule has 0 bridgehead atoms. The number of nitrogens with one attached hydrogen (secondary N) is 1. The third kappa shape index (κ3) is 2.47. The number of nitrogens with zero attached hydrogens (tertiary/aromatic N) is 1. The lowest BCUT2D eigenvalue weighted by Crippen LogP contribution is -2.57. The summed E-state index contributed by atoms with van der Waals surface area (Å²) >= 11 is 0. The smallest absolute Gasteiger partial charge is 0.242 e. The second kappa shape index (κ2) is 5.11. The van der Waals surface area contributed by atoms with E-state index in [-0.39, 0.29) is 23.8 Å². The maximum Gasteiger partial charge on any atom is 0.242 e. The molecule has 15 heavy (non-hydrogen) atoms. The van der Waals surface area contributed by atoms with Crippen molar-refractivity contribution in [2.45, 2.75) is 26.3 Å². The Labute approximate surface area is 90.0 Å². The van der Waals surface area contributed by atoms with Crippen molar-refractivity contribution in [2.75, 3.05) is 19.6 Å². The summed E-state index contributed by atoms with van der Waals surface area (Å²) in [6.07, 6.45) is 0.722. The average Bonchev–Trinajstić information content (AvgIpc) is 2.23. The van der Waals surface area contributed by atoms with Crippen LogP contribution >= 0.6 is 0 Å². The molecular weight excluding hydrogens is 194 g/mol. The van der Waals surface area contributed by atoms with Crippen LogP contribution in [0.15, 0.2) is 0 Å². The van der Waals surface area contributed by atoms with Gasteiger partial charge in [-0.15, -0.1) is 0 Å². The molecule has 0 aromatic rings. The fraction of sp³-hybridized carbons (Fsp3) is 0.800. The Morgan fingerprint density at radius 3 is 2.93 bits per heavy atom. The lowest BCUT2D eigenvalue weighted by atomic mass is 10.0. The largest absolute Gasteiger partial charge is 0.353 e. The zero-order valence-corrected chi connectivity index (χ0v) is 9.32. The lowest BCUT2D eigenvalue weighted by Gasteiger charge is -2.34. The van der Waals surface area contributed by atoms with Crippen LogP contribution in [0.25, 0.3) is 0 Å². The van der Waals surface area contributed by atoms with E-state index in [1.54, 1.807) is 11.8 Å². The summed E-state index contributed by atoms with van der Waals surface area (Å²) in [5, 5.41) is 2.73. The summed E-state index contributed by atoms with van der Waals surface area (Å²) in [7, 11) is 0. The quantitative estimate of drug-likeness (QED) is 0.652. The molecule has 2 amide bonds. The van der Waals surface area contributed by atoms with E-state index >= 15 is 0 Å². The molecule has 0 radical (unpaired) electrons. The van der Waals surface area contributed by atoms with Crippen molar-refractivity contribution < 1.29 is 9.59 Å². The van der Waals surface area contributed by atoms with Gasteiger partial charge in [-0.1, -0.05) is 6.92 Å². The summed E-state index contributed by atoms with van der Waals surface area (Å²) < 4.78 is 0. The highest BCUT2D eigenvalue weighted by molar-refractivity contribution is 5.89. The molecule has 5 heteroatoms. The Morgan fingerprint density at radius 1 is 1.73 bits per heavy atom. The summed E-state index contributed by atoms with van der Waals surface area (Å²) in [5.74, 6) is -0.234. The first kappa shape index (κ1) is 12.0. The monoisotopic (exact) mass is 213 g/mol. The standard InChI is InChI=1S/C10H19N3O2/c1-3-8(6-11)10(15)13-5-4-12-9(14)7(13)2/h7-8H,3-6,11H2,1-2H3,(H,12,14). The van der Waals surface area contributed by atoms with Crippen LogP contribution in [0, 0.1) is 5.92 Å². The highest BCUT2D eigenvalue weighted by atomic mass is 16.2. The van der Waals surface area contributed by atoms with E-state index in [9.17, 15) is 9.59 Å². The topological polar surface area (TPSA) is 75.4 Å². The summed E-state index contributed by atoms with van der Waals surface area (Å²) in [4.78, 5) is 25.0. The first-order valence-corrected chi connectivity index (χ1v) is 5.40. The number of amides is 2. The third-order valence-corrected chi connectivity index (χ3v) is 2.91. The summed E-state index contributed by atoms with van der Waals surface area (Å²) in [6, 6.07) is -0.369. The minimum Gasteiger partial charge on any atom is -0.353 e. The van der Waals surface area contributed by atoms with Crippen LogP contribution in [0.4, 0.5) is 0 Å². The predicted molar refractivity (Wildman–Crippen MR) is 57.0 cm³/mol. The molecule has 3 N–H and O–H groups in total. The van der Waals surface area contributed by atoms with Crippen molar-refractivity contribution in [1.82, 2.24) is 10.2 Å². The summed E-state index contributed by atoms with van der Waals surface area (Å²) in [5.41, 5.74) is 5.52. The molecule has 0 aromatic carbocycles. The van der Waals surface area contributed by atoms with Gasteiger partial charge in [0, 0.05) is 19.6 Å². The van der Waals surface area contributed by atoms with Gasteiger partial charge in [0.15, 0.2) is 0 Å². The fourth-order valence-corrected chi connectivity index (χ4v) is 1.76. The molecule has 0 spiro atoms. The Hall–Kier alpha value is -1.10. The zero-order valence-electron chi connectivity index (χ0n) is 9.32. The van der Waals surface area contributed by atoms with Gasteiger partial charge in [0.05, 0.1) is 5.92 Å². The lowest BCUT2D eigenvalue weighted by molar-refractivity contribution is -0.145. The molecule has 1 rings (SSSR count).